The Morgan fingerprint density at radius 2 is 0.654 bits per heavy atom. The van der Waals surface area contributed by atoms with Gasteiger partial charge in [-0.1, -0.05) is 212 Å². The number of nitrogens with zero attached hydrogens (tertiary/aromatic N) is 1. The van der Waals surface area contributed by atoms with Crippen LogP contribution < -0.4 is 58.5 Å². The Morgan fingerprint density at radius 3 is 1.02 bits per heavy atom. The van der Waals surface area contributed by atoms with E-state index in [1.165, 1.54) is 54.6 Å². The van der Waals surface area contributed by atoms with Gasteiger partial charge in [0.05, 0.1) is 5.02 Å². The summed E-state index contributed by atoms with van der Waals surface area (Å²) in [5.74, 6) is -1.13. The number of amides is 12. The van der Waals surface area contributed by atoms with Crippen LogP contribution in [0.3, 0.4) is 0 Å². The van der Waals surface area contributed by atoms with Crippen LogP contribution in [0, 0.1) is 31.3 Å². The highest BCUT2D eigenvalue weighted by atomic mass is 35.5. The number of benzene rings is 10. The van der Waals surface area contributed by atoms with Gasteiger partial charge in [0, 0.05) is 82.0 Å². The van der Waals surface area contributed by atoms with Gasteiger partial charge in [-0.15, -0.1) is 0 Å². The second-order valence-electron chi connectivity index (χ2n) is 24.0. The number of aryl methyl sites for hydroxylation is 2. The van der Waals surface area contributed by atoms with E-state index in [1.54, 1.807) is 12.1 Å². The van der Waals surface area contributed by atoms with Crippen molar-refractivity contribution in [2.24, 2.45) is 0 Å². The fourth-order valence-corrected chi connectivity index (χ4v) is 9.87. The number of hydrogen-bond acceptors (Lipinski definition) is 6. The van der Waals surface area contributed by atoms with Crippen molar-refractivity contribution in [3.05, 3.63) is 339 Å². The molecule has 0 spiro atoms. The normalized spacial score (nSPS) is 11.4. The Morgan fingerprint density at radius 1 is 0.346 bits per heavy atom. The van der Waals surface area contributed by atoms with Gasteiger partial charge < -0.3 is 63.4 Å². The third-order valence-electron chi connectivity index (χ3n) is 15.2. The lowest BCUT2D eigenvalue weighted by atomic mass is 10.1. The lowest BCUT2D eigenvalue weighted by molar-refractivity contribution is 0.208. The minimum Gasteiger partial charge on any atom is -0.335 e. The molecule has 11 N–H and O–H groups in total. The van der Waals surface area contributed by atoms with Crippen molar-refractivity contribution in [2.45, 2.75) is 91.4 Å². The Kier molecular flexibility index (Phi) is 34.2. The van der Waals surface area contributed by atoms with Gasteiger partial charge in [-0.25, -0.2) is 41.9 Å². The van der Waals surface area contributed by atoms with Crippen molar-refractivity contribution in [1.29, 1.82) is 0 Å². The topological polar surface area (TPSA) is 238 Å². The minimum absolute atomic E-state index is 0.0270. The summed E-state index contributed by atoms with van der Waals surface area (Å²) < 4.78 is 38.3. The second kappa shape index (κ2) is 44.9. The van der Waals surface area contributed by atoms with Crippen LogP contribution >= 0.6 is 11.6 Å². The summed E-state index contributed by atoms with van der Waals surface area (Å²) in [5, 5.41) is 30.4. The van der Waals surface area contributed by atoms with E-state index in [4.69, 9.17) is 11.6 Å². The molecule has 1 aliphatic carbocycles. The predicted octanol–water partition coefficient (Wildman–Crippen LogP) is 17.0. The van der Waals surface area contributed by atoms with E-state index in [0.717, 1.165) is 94.5 Å². The van der Waals surface area contributed by atoms with E-state index in [9.17, 15) is 41.9 Å². The van der Waals surface area contributed by atoms with Gasteiger partial charge in [0.1, 0.15) is 17.5 Å². The van der Waals surface area contributed by atoms with E-state index in [1.807, 2.05) is 213 Å². The maximum absolute atomic E-state index is 12.9. The molecule has 0 aromatic heterocycles. The zero-order chi connectivity index (χ0) is 73.9. The third-order valence-corrected chi connectivity index (χ3v) is 15.5. The van der Waals surface area contributed by atoms with E-state index in [-0.39, 0.29) is 52.8 Å². The average molecular weight is 1430 g/mol. The molecular formula is C82H88ClF3N12O6. The first kappa shape index (κ1) is 79.2. The highest BCUT2D eigenvalue weighted by Crippen LogP contribution is 2.20. The number of carbonyl (C=O) groups is 6. The van der Waals surface area contributed by atoms with Crippen LogP contribution in [0.5, 0.6) is 0 Å². The molecule has 1 saturated carbocycles. The van der Waals surface area contributed by atoms with Crippen molar-refractivity contribution in [3.8, 4) is 0 Å². The maximum Gasteiger partial charge on any atom is 0.319 e. The number of likely N-dealkylation sites (tertiary alicyclic amines) is 1. The van der Waals surface area contributed by atoms with E-state index < -0.39 is 5.82 Å². The summed E-state index contributed by atoms with van der Waals surface area (Å²) in [4.78, 5) is 71.3. The molecule has 2 aliphatic rings. The molecule has 18 nitrogen and oxygen atoms in total. The summed E-state index contributed by atoms with van der Waals surface area (Å²) in [5.41, 5.74) is 11.4. The fraction of sp³-hybridized carbons (Fsp3) is 0.195. The van der Waals surface area contributed by atoms with Gasteiger partial charge in [0.15, 0.2) is 0 Å². The number of hydrogen-bond donors (Lipinski definition) is 11. The number of anilines is 3. The molecule has 1 heterocycles. The number of carbonyl (C=O) groups excluding carboxylic acids is 6. The Hall–Kier alpha value is -12.1. The van der Waals surface area contributed by atoms with Crippen molar-refractivity contribution in [1.82, 2.24) is 47.4 Å². The molecule has 10 aromatic rings. The Balaban J connectivity index is 0.000000175. The van der Waals surface area contributed by atoms with Crippen molar-refractivity contribution >= 4 is 64.8 Å². The van der Waals surface area contributed by atoms with Crippen molar-refractivity contribution in [3.63, 3.8) is 0 Å². The highest BCUT2D eigenvalue weighted by Gasteiger charge is 2.23. The molecule has 0 radical (unpaired) electrons. The quantitative estimate of drug-likeness (QED) is 0.0399. The third kappa shape index (κ3) is 33.4. The molecular weight excluding hydrogens is 1340 g/mol. The van der Waals surface area contributed by atoms with Crippen LogP contribution in [0.1, 0.15) is 75.8 Å². The van der Waals surface area contributed by atoms with E-state index in [2.05, 4.69) is 64.6 Å². The van der Waals surface area contributed by atoms with Gasteiger partial charge in [-0.05, 0) is 156 Å². The monoisotopic (exact) mass is 1430 g/mol. The van der Waals surface area contributed by atoms with Gasteiger partial charge >= 0.3 is 36.2 Å². The molecule has 540 valence electrons. The summed E-state index contributed by atoms with van der Waals surface area (Å²) in [6.45, 7) is 9.31. The van der Waals surface area contributed by atoms with Gasteiger partial charge in [0.25, 0.3) is 0 Å². The summed E-state index contributed by atoms with van der Waals surface area (Å²) >= 11 is 5.62. The number of halogens is 4. The molecule has 2 fully saturated rings. The lowest BCUT2D eigenvalue weighted by Crippen LogP contribution is -2.37. The molecule has 12 amide bonds. The standard InChI is InChI=1S/C16H18N2O.C15H15FN2O.C14H12ClFN2O.C14H13FN2O.C12H16N2O.C11H14N2O/c1-12-8-13(2)10-15(9-12)18-16(19)17-11-14-6-4-3-5-7-14;16-14-8-6-13(7-9-14)11-18-15(19)17-10-12-4-2-1-3-5-12;15-12-8-11(6-7-13(12)16)18-14(19)17-9-10-4-2-1-3-5-10;15-12-6-8-13(9-7-12)17-14(18)16-10-11-4-2-1-3-5-11;15-12(14-8-4-5-9-14)13-10-11-6-2-1-3-7-11;14-11(13-10-6-7-10)12-8-9-4-2-1-3-5-9/h3-10H,11H2,1-2H3,(H2,17,18,19);1-9H,10-11H2,(H2,17,18,19);1-8H,9H2,(H2,17,18,19);1-9H,10H2,(H2,16,17,18);1-3,6-7H,4-5,8-10H2,(H,13,15);1-5,10H,6-8H2,(H2,12,13,14). The molecule has 22 heteroatoms. The van der Waals surface area contributed by atoms with E-state index in [0.29, 0.717) is 63.2 Å². The molecule has 0 bridgehead atoms. The summed E-state index contributed by atoms with van der Waals surface area (Å²) in [6, 6.07) is 79.5. The molecule has 10 aromatic carbocycles. The molecule has 12 rings (SSSR count). The van der Waals surface area contributed by atoms with Gasteiger partial charge in [0.2, 0.25) is 0 Å². The van der Waals surface area contributed by atoms with Crippen LogP contribution in [0.4, 0.5) is 59.0 Å². The number of rotatable bonds is 18. The second-order valence-corrected chi connectivity index (χ2v) is 24.4. The lowest BCUT2D eigenvalue weighted by Gasteiger charge is -2.16. The van der Waals surface area contributed by atoms with Crippen LogP contribution in [0.25, 0.3) is 0 Å². The molecule has 0 atom stereocenters. The first-order chi connectivity index (χ1) is 50.5. The summed E-state index contributed by atoms with van der Waals surface area (Å²) in [7, 11) is 0. The largest absolute Gasteiger partial charge is 0.335 e. The highest BCUT2D eigenvalue weighted by molar-refractivity contribution is 6.31. The Bertz CT molecular complexity index is 4170. The predicted molar refractivity (Wildman–Crippen MR) is 407 cm³/mol. The van der Waals surface area contributed by atoms with Crippen molar-refractivity contribution in [2.75, 3.05) is 29.0 Å². The zero-order valence-corrected chi connectivity index (χ0v) is 58.8. The summed E-state index contributed by atoms with van der Waals surface area (Å²) in [6.07, 6.45) is 4.52. The molecule has 0 unspecified atom stereocenters. The molecule has 104 heavy (non-hydrogen) atoms. The SMILES string of the molecule is Cc1cc(C)cc(NC(=O)NCc2ccccc2)c1.O=C(NCc1ccccc1)N1CCCC1.O=C(NCc1ccccc1)NC1CC1.O=C(NCc1ccccc1)NCc1ccc(F)cc1.O=C(NCc1ccccc1)Nc1ccc(F)c(Cl)c1.O=C(NCc1ccccc1)Nc1ccc(F)cc1. The molecule has 1 aliphatic heterocycles. The maximum atomic E-state index is 12.9. The first-order valence-corrected chi connectivity index (χ1v) is 34.3. The van der Waals surface area contributed by atoms with E-state index >= 15 is 0 Å². The van der Waals surface area contributed by atoms with Crippen LogP contribution in [0.15, 0.2) is 267 Å². The average Bonchev–Trinajstić information content (AvgIpc) is 1.79. The van der Waals surface area contributed by atoms with Gasteiger partial charge in [-0.2, -0.15) is 0 Å². The van der Waals surface area contributed by atoms with Crippen LogP contribution in [-0.4, -0.2) is 60.2 Å². The van der Waals surface area contributed by atoms with Crippen LogP contribution in [0.2, 0.25) is 5.02 Å². The van der Waals surface area contributed by atoms with Gasteiger partial charge in [-0.3, -0.25) is 0 Å². The Labute approximate surface area is 611 Å². The minimum atomic E-state index is -0.517. The molecule has 1 saturated heterocycles. The smallest absolute Gasteiger partial charge is 0.319 e. The first-order valence-electron chi connectivity index (χ1n) is 34.0. The fourth-order valence-electron chi connectivity index (χ4n) is 9.69. The van der Waals surface area contributed by atoms with Crippen LogP contribution in [-0.2, 0) is 45.8 Å². The number of nitrogens with one attached hydrogen (secondary N) is 11. The number of urea groups is 6. The van der Waals surface area contributed by atoms with Crippen molar-refractivity contribution < 1.29 is 41.9 Å². The zero-order valence-electron chi connectivity index (χ0n) is 58.1.